The van der Waals surface area contributed by atoms with E-state index in [9.17, 15) is 9.59 Å². The lowest BCUT2D eigenvalue weighted by atomic mass is 10.0. The Balaban J connectivity index is 1.65. The van der Waals surface area contributed by atoms with E-state index in [0.717, 1.165) is 16.3 Å². The monoisotopic (exact) mass is 522 g/mol. The molecule has 1 amide bonds. The number of carbonyl (C=O) groups is 2. The first-order valence-corrected chi connectivity index (χ1v) is 11.4. The number of anilines is 1. The van der Waals surface area contributed by atoms with Crippen LogP contribution in [-0.4, -0.2) is 33.3 Å². The van der Waals surface area contributed by atoms with Crippen molar-refractivity contribution in [2.45, 2.75) is 16.4 Å². The molecule has 0 saturated heterocycles. The van der Waals surface area contributed by atoms with Crippen LogP contribution in [0.4, 0.5) is 5.69 Å². The Kier molecular flexibility index (Phi) is 8.51. The van der Waals surface area contributed by atoms with Gasteiger partial charge in [-0.1, -0.05) is 77.3 Å². The van der Waals surface area contributed by atoms with Crippen molar-refractivity contribution in [1.29, 1.82) is 0 Å². The first kappa shape index (κ1) is 25.2. The Bertz CT molecular complexity index is 1160. The Morgan fingerprint density at radius 3 is 2.27 bits per heavy atom. The summed E-state index contributed by atoms with van der Waals surface area (Å²) in [4.78, 5) is 24.4. The molecule has 0 aromatic heterocycles. The SMILES string of the molecule is NCC(=O)c1ccc(NC(=S)NC(NC(=O)Cc2cccc3ccccc23)C(Cl)(Cl)Cl)cc1. The summed E-state index contributed by atoms with van der Waals surface area (Å²) in [5.41, 5.74) is 7.31. The van der Waals surface area contributed by atoms with Gasteiger partial charge in [0.05, 0.1) is 13.0 Å². The van der Waals surface area contributed by atoms with E-state index in [-0.39, 0.29) is 29.8 Å². The van der Waals surface area contributed by atoms with Gasteiger partial charge >= 0.3 is 0 Å². The molecule has 0 saturated carbocycles. The van der Waals surface area contributed by atoms with E-state index in [2.05, 4.69) is 16.0 Å². The smallest absolute Gasteiger partial charge is 0.228 e. The second-order valence-electron chi connectivity index (χ2n) is 7.16. The van der Waals surface area contributed by atoms with Crippen LogP contribution < -0.4 is 21.7 Å². The van der Waals surface area contributed by atoms with E-state index in [4.69, 9.17) is 52.8 Å². The summed E-state index contributed by atoms with van der Waals surface area (Å²) in [5, 5.41) is 10.6. The van der Waals surface area contributed by atoms with Gasteiger partial charge in [0.15, 0.2) is 10.9 Å². The number of rotatable bonds is 7. The zero-order chi connectivity index (χ0) is 24.0. The maximum Gasteiger partial charge on any atom is 0.228 e. The Morgan fingerprint density at radius 2 is 1.61 bits per heavy atom. The van der Waals surface area contributed by atoms with Gasteiger partial charge in [-0.3, -0.25) is 9.59 Å². The van der Waals surface area contributed by atoms with Crippen LogP contribution in [-0.2, 0) is 11.2 Å². The predicted octanol–water partition coefficient (Wildman–Crippen LogP) is 4.32. The third-order valence-corrected chi connectivity index (χ3v) is 5.66. The highest BCUT2D eigenvalue weighted by Crippen LogP contribution is 2.29. The van der Waals surface area contributed by atoms with Gasteiger partial charge < -0.3 is 21.7 Å². The van der Waals surface area contributed by atoms with Crippen molar-refractivity contribution in [1.82, 2.24) is 10.6 Å². The summed E-state index contributed by atoms with van der Waals surface area (Å²) in [7, 11) is 0. The van der Waals surface area contributed by atoms with Crippen LogP contribution in [0.15, 0.2) is 66.7 Å². The highest BCUT2D eigenvalue weighted by Gasteiger charge is 2.34. The van der Waals surface area contributed by atoms with Gasteiger partial charge in [0.1, 0.15) is 6.17 Å². The zero-order valence-corrected chi connectivity index (χ0v) is 20.4. The molecule has 0 aliphatic carbocycles. The van der Waals surface area contributed by atoms with Crippen molar-refractivity contribution >= 4 is 80.3 Å². The lowest BCUT2D eigenvalue weighted by Gasteiger charge is -2.28. The summed E-state index contributed by atoms with van der Waals surface area (Å²) in [6.45, 7) is -0.0733. The molecule has 0 spiro atoms. The Hall–Kier alpha value is -2.42. The minimum atomic E-state index is -1.88. The number of halogens is 3. The lowest BCUT2D eigenvalue weighted by Crippen LogP contribution is -2.56. The molecule has 3 rings (SSSR count). The van der Waals surface area contributed by atoms with Crippen LogP contribution in [0.1, 0.15) is 15.9 Å². The highest BCUT2D eigenvalue weighted by atomic mass is 35.6. The number of nitrogens with two attached hydrogens (primary N) is 1. The molecule has 0 radical (unpaired) electrons. The van der Waals surface area contributed by atoms with Crippen molar-refractivity contribution in [3.8, 4) is 0 Å². The standard InChI is InChI=1S/C23H21Cl3N4O2S/c24-23(25,26)21(30-22(33)28-17-10-8-15(9-11-17)19(31)13-27)29-20(32)12-16-6-3-5-14-4-1-2-7-18(14)16/h1-11,21H,12-13,27H2,(H,29,32)(H2,28,30,33). The molecule has 3 aromatic rings. The van der Waals surface area contributed by atoms with Crippen LogP contribution >= 0.6 is 47.0 Å². The summed E-state index contributed by atoms with van der Waals surface area (Å²) < 4.78 is -1.88. The average molecular weight is 524 g/mol. The molecule has 5 N–H and O–H groups in total. The molecule has 1 unspecified atom stereocenters. The molecule has 3 aromatic carbocycles. The van der Waals surface area contributed by atoms with Crippen molar-refractivity contribution in [2.75, 3.05) is 11.9 Å². The minimum Gasteiger partial charge on any atom is -0.339 e. The van der Waals surface area contributed by atoms with Gasteiger partial charge in [-0.15, -0.1) is 0 Å². The van der Waals surface area contributed by atoms with E-state index < -0.39 is 9.96 Å². The predicted molar refractivity (Wildman–Crippen MR) is 139 cm³/mol. The number of carbonyl (C=O) groups excluding carboxylic acids is 2. The third kappa shape index (κ3) is 7.03. The third-order valence-electron chi connectivity index (χ3n) is 4.79. The molecule has 0 aliphatic rings. The summed E-state index contributed by atoms with van der Waals surface area (Å²) in [6.07, 6.45) is -1.00. The quantitative estimate of drug-likeness (QED) is 0.159. The van der Waals surface area contributed by atoms with E-state index in [1.807, 2.05) is 42.5 Å². The van der Waals surface area contributed by atoms with Gasteiger partial charge in [-0.2, -0.15) is 0 Å². The first-order valence-electron chi connectivity index (χ1n) is 9.91. The lowest BCUT2D eigenvalue weighted by molar-refractivity contribution is -0.121. The molecule has 1 atom stereocenters. The molecule has 172 valence electrons. The highest BCUT2D eigenvalue weighted by molar-refractivity contribution is 7.80. The molecule has 33 heavy (non-hydrogen) atoms. The number of nitrogens with one attached hydrogen (secondary N) is 3. The summed E-state index contributed by atoms with van der Waals surface area (Å²) in [6, 6.07) is 20.1. The number of Topliss-reactive ketones (excluding diaryl/α,β-unsaturated/α-hetero) is 1. The van der Waals surface area contributed by atoms with E-state index >= 15 is 0 Å². The fraction of sp³-hybridized carbons (Fsp3) is 0.174. The van der Waals surface area contributed by atoms with Crippen molar-refractivity contribution in [3.05, 3.63) is 77.9 Å². The van der Waals surface area contributed by atoms with Gasteiger partial charge in [0, 0.05) is 11.3 Å². The fourth-order valence-electron chi connectivity index (χ4n) is 3.19. The van der Waals surface area contributed by atoms with Crippen LogP contribution in [0.2, 0.25) is 0 Å². The number of thiocarbonyl (C=S) groups is 1. The number of alkyl halides is 3. The molecular weight excluding hydrogens is 503 g/mol. The first-order chi connectivity index (χ1) is 15.7. The number of amides is 1. The molecule has 10 heteroatoms. The molecular formula is C23H21Cl3N4O2S. The molecule has 0 aliphatic heterocycles. The Morgan fingerprint density at radius 1 is 0.939 bits per heavy atom. The largest absolute Gasteiger partial charge is 0.339 e. The maximum absolute atomic E-state index is 12.7. The van der Waals surface area contributed by atoms with E-state index in [0.29, 0.717) is 11.3 Å². The normalized spacial score (nSPS) is 12.1. The number of hydrogen-bond acceptors (Lipinski definition) is 4. The van der Waals surface area contributed by atoms with Gasteiger partial charge in [-0.05, 0) is 52.8 Å². The maximum atomic E-state index is 12.7. The average Bonchev–Trinajstić information content (AvgIpc) is 2.78. The van der Waals surface area contributed by atoms with Crippen molar-refractivity contribution in [3.63, 3.8) is 0 Å². The minimum absolute atomic E-state index is 0.0733. The van der Waals surface area contributed by atoms with Crippen LogP contribution in [0, 0.1) is 0 Å². The topological polar surface area (TPSA) is 96.2 Å². The van der Waals surface area contributed by atoms with Crippen LogP contribution in [0.5, 0.6) is 0 Å². The molecule has 0 fully saturated rings. The van der Waals surface area contributed by atoms with Crippen LogP contribution in [0.3, 0.4) is 0 Å². The number of ketones is 1. The fourth-order valence-corrected chi connectivity index (χ4v) is 3.75. The molecule has 0 heterocycles. The summed E-state index contributed by atoms with van der Waals surface area (Å²) >= 11 is 23.5. The van der Waals surface area contributed by atoms with Crippen LogP contribution in [0.25, 0.3) is 10.8 Å². The zero-order valence-electron chi connectivity index (χ0n) is 17.3. The van der Waals surface area contributed by atoms with Gasteiger partial charge in [0.25, 0.3) is 0 Å². The molecule has 6 nitrogen and oxygen atoms in total. The number of hydrogen-bond donors (Lipinski definition) is 4. The van der Waals surface area contributed by atoms with Crippen molar-refractivity contribution < 1.29 is 9.59 Å². The Labute approximate surface area is 211 Å². The number of benzene rings is 3. The molecule has 0 bridgehead atoms. The number of fused-ring (bicyclic) bond motifs is 1. The van der Waals surface area contributed by atoms with E-state index in [1.165, 1.54) is 0 Å². The second kappa shape index (κ2) is 11.1. The summed E-state index contributed by atoms with van der Waals surface area (Å²) in [5.74, 6) is -0.518. The van der Waals surface area contributed by atoms with Gasteiger partial charge in [-0.25, -0.2) is 0 Å². The van der Waals surface area contributed by atoms with Crippen molar-refractivity contribution in [2.24, 2.45) is 5.73 Å². The van der Waals surface area contributed by atoms with Gasteiger partial charge in [0.2, 0.25) is 9.70 Å². The van der Waals surface area contributed by atoms with E-state index in [1.54, 1.807) is 24.3 Å². The second-order valence-corrected chi connectivity index (χ2v) is 9.94.